The number of hydrogen-bond acceptors (Lipinski definition) is 6. The van der Waals surface area contributed by atoms with E-state index in [1.807, 2.05) is 67.6 Å². The highest BCUT2D eigenvalue weighted by Crippen LogP contribution is 2.32. The van der Waals surface area contributed by atoms with Gasteiger partial charge in [-0.3, -0.25) is 19.3 Å². The van der Waals surface area contributed by atoms with E-state index in [4.69, 9.17) is 9.84 Å². The Balaban J connectivity index is 1.30. The highest BCUT2D eigenvalue weighted by molar-refractivity contribution is 6.00. The maximum absolute atomic E-state index is 14.0. The number of benzene rings is 2. The molecule has 1 saturated heterocycles. The summed E-state index contributed by atoms with van der Waals surface area (Å²) in [4.78, 5) is 35.9. The molecule has 9 heteroatoms. The van der Waals surface area contributed by atoms with Gasteiger partial charge in [-0.25, -0.2) is 0 Å². The summed E-state index contributed by atoms with van der Waals surface area (Å²) in [5.74, 6) is -0.464. The molecule has 2 aliphatic heterocycles. The van der Waals surface area contributed by atoms with Gasteiger partial charge < -0.3 is 19.9 Å². The molecule has 40 heavy (non-hydrogen) atoms. The molecular weight excluding hydrogens is 504 g/mol. The molecule has 2 aromatic heterocycles. The van der Waals surface area contributed by atoms with Crippen molar-refractivity contribution in [3.8, 4) is 11.3 Å². The van der Waals surface area contributed by atoms with Crippen LogP contribution in [-0.4, -0.2) is 63.3 Å². The first-order valence-corrected chi connectivity index (χ1v) is 13.6. The van der Waals surface area contributed by atoms with Crippen LogP contribution < -0.4 is 10.2 Å². The van der Waals surface area contributed by atoms with Crippen LogP contribution >= 0.6 is 0 Å². The summed E-state index contributed by atoms with van der Waals surface area (Å²) in [6.07, 6.45) is 3.42. The predicted octanol–water partition coefficient (Wildman–Crippen LogP) is 3.51. The molecular formula is C31H32N6O3. The van der Waals surface area contributed by atoms with Crippen LogP contribution in [0.5, 0.6) is 0 Å². The number of ether oxygens (including phenoxy) is 1. The summed E-state index contributed by atoms with van der Waals surface area (Å²) in [5.41, 5.74) is 3.91. The first kappa shape index (κ1) is 25.8. The highest BCUT2D eigenvalue weighted by atomic mass is 16.5. The van der Waals surface area contributed by atoms with E-state index < -0.39 is 5.54 Å². The number of carbonyl (C=O) groups is 2. The number of carbonyl (C=O) groups excluding carboxylic acids is 2. The molecule has 4 aromatic rings. The van der Waals surface area contributed by atoms with Gasteiger partial charge in [0.05, 0.1) is 25.5 Å². The lowest BCUT2D eigenvalue weighted by Crippen LogP contribution is -2.63. The SMILES string of the molecule is C[C@]1(C(=O)NCc2cccnc2)Cn2nc(-c3ccccc3)cc2C(=O)N1Cc1ccc(N2CCOCC2)cc1. The number of rotatable bonds is 7. The molecule has 0 unspecified atom stereocenters. The van der Waals surface area contributed by atoms with Gasteiger partial charge in [0, 0.05) is 49.8 Å². The lowest BCUT2D eigenvalue weighted by Gasteiger charge is -2.43. The summed E-state index contributed by atoms with van der Waals surface area (Å²) in [5, 5.41) is 7.77. The normalized spacial score (nSPS) is 18.9. The maximum Gasteiger partial charge on any atom is 0.273 e. The number of aromatic nitrogens is 3. The third-order valence-corrected chi connectivity index (χ3v) is 7.69. The highest BCUT2D eigenvalue weighted by Gasteiger charge is 2.48. The molecule has 0 spiro atoms. The van der Waals surface area contributed by atoms with Gasteiger partial charge in [-0.15, -0.1) is 0 Å². The fourth-order valence-corrected chi connectivity index (χ4v) is 5.33. The minimum atomic E-state index is -1.16. The van der Waals surface area contributed by atoms with Crippen molar-refractivity contribution < 1.29 is 14.3 Å². The van der Waals surface area contributed by atoms with E-state index in [0.29, 0.717) is 24.5 Å². The van der Waals surface area contributed by atoms with E-state index in [2.05, 4.69) is 27.3 Å². The summed E-state index contributed by atoms with van der Waals surface area (Å²) in [6, 6.07) is 23.5. The van der Waals surface area contributed by atoms with Gasteiger partial charge in [-0.05, 0) is 42.3 Å². The Morgan fingerprint density at radius 3 is 2.50 bits per heavy atom. The minimum absolute atomic E-state index is 0.225. The van der Waals surface area contributed by atoms with Gasteiger partial charge >= 0.3 is 0 Å². The van der Waals surface area contributed by atoms with Gasteiger partial charge in [-0.2, -0.15) is 5.10 Å². The molecule has 0 aliphatic carbocycles. The van der Waals surface area contributed by atoms with Crippen LogP contribution in [0.25, 0.3) is 11.3 Å². The largest absolute Gasteiger partial charge is 0.378 e. The Morgan fingerprint density at radius 2 is 1.77 bits per heavy atom. The molecule has 1 fully saturated rings. The third kappa shape index (κ3) is 5.08. The maximum atomic E-state index is 14.0. The van der Waals surface area contributed by atoms with Crippen LogP contribution in [0.1, 0.15) is 28.5 Å². The molecule has 6 rings (SSSR count). The Morgan fingerprint density at radius 1 is 1.00 bits per heavy atom. The molecule has 1 atom stereocenters. The van der Waals surface area contributed by atoms with Crippen LogP contribution in [0.2, 0.25) is 0 Å². The fourth-order valence-electron chi connectivity index (χ4n) is 5.33. The number of fused-ring (bicyclic) bond motifs is 1. The lowest BCUT2D eigenvalue weighted by molar-refractivity contribution is -0.133. The van der Waals surface area contributed by atoms with Crippen molar-refractivity contribution in [2.45, 2.75) is 32.1 Å². The number of morpholine rings is 1. The monoisotopic (exact) mass is 536 g/mol. The molecule has 204 valence electrons. The van der Waals surface area contributed by atoms with Crippen molar-refractivity contribution in [1.82, 2.24) is 25.0 Å². The lowest BCUT2D eigenvalue weighted by atomic mass is 9.94. The second kappa shape index (κ2) is 10.9. The van der Waals surface area contributed by atoms with Gasteiger partial charge in [0.25, 0.3) is 5.91 Å². The molecule has 2 aliphatic rings. The van der Waals surface area contributed by atoms with Crippen molar-refractivity contribution in [2.24, 2.45) is 0 Å². The van der Waals surface area contributed by atoms with Crippen molar-refractivity contribution >= 4 is 17.5 Å². The molecule has 9 nitrogen and oxygen atoms in total. The molecule has 0 radical (unpaired) electrons. The van der Waals surface area contributed by atoms with Crippen molar-refractivity contribution in [3.05, 3.63) is 102 Å². The molecule has 0 saturated carbocycles. The summed E-state index contributed by atoms with van der Waals surface area (Å²) in [6.45, 7) is 5.82. The van der Waals surface area contributed by atoms with E-state index in [9.17, 15) is 9.59 Å². The minimum Gasteiger partial charge on any atom is -0.378 e. The zero-order valence-corrected chi connectivity index (χ0v) is 22.5. The Bertz CT molecular complexity index is 1480. The quantitative estimate of drug-likeness (QED) is 0.389. The van der Waals surface area contributed by atoms with Gasteiger partial charge in [0.15, 0.2) is 0 Å². The first-order valence-electron chi connectivity index (χ1n) is 13.6. The fraction of sp³-hybridized carbons (Fsp3) is 0.290. The number of amides is 2. The Hall–Kier alpha value is -4.50. The van der Waals surface area contributed by atoms with Crippen LogP contribution in [0.15, 0.2) is 85.2 Å². The predicted molar refractivity (Wildman–Crippen MR) is 151 cm³/mol. The molecule has 2 aromatic carbocycles. The summed E-state index contributed by atoms with van der Waals surface area (Å²) < 4.78 is 7.15. The molecule has 0 bridgehead atoms. The number of pyridine rings is 1. The summed E-state index contributed by atoms with van der Waals surface area (Å²) in [7, 11) is 0. The van der Waals surface area contributed by atoms with E-state index >= 15 is 0 Å². The van der Waals surface area contributed by atoms with Gasteiger partial charge in [0.2, 0.25) is 5.91 Å². The Kier molecular flexibility index (Phi) is 7.04. The Labute approximate surface area is 233 Å². The zero-order chi connectivity index (χ0) is 27.5. The third-order valence-electron chi connectivity index (χ3n) is 7.69. The second-order valence-electron chi connectivity index (χ2n) is 10.4. The van der Waals surface area contributed by atoms with Crippen LogP contribution in [0, 0.1) is 0 Å². The number of nitrogens with one attached hydrogen (secondary N) is 1. The number of hydrogen-bond donors (Lipinski definition) is 1. The van der Waals surface area contributed by atoms with Crippen LogP contribution in [0.3, 0.4) is 0 Å². The van der Waals surface area contributed by atoms with E-state index in [1.165, 1.54) is 0 Å². The number of nitrogens with zero attached hydrogens (tertiary/aromatic N) is 5. The smallest absolute Gasteiger partial charge is 0.273 e. The number of anilines is 1. The first-order chi connectivity index (χ1) is 19.5. The van der Waals surface area contributed by atoms with Crippen molar-refractivity contribution in [1.29, 1.82) is 0 Å². The van der Waals surface area contributed by atoms with Gasteiger partial charge in [-0.1, -0.05) is 48.5 Å². The van der Waals surface area contributed by atoms with Crippen molar-refractivity contribution in [2.75, 3.05) is 31.2 Å². The van der Waals surface area contributed by atoms with Gasteiger partial charge in [0.1, 0.15) is 11.2 Å². The average molecular weight is 537 g/mol. The van der Waals surface area contributed by atoms with Crippen molar-refractivity contribution in [3.63, 3.8) is 0 Å². The van der Waals surface area contributed by atoms with Crippen LogP contribution in [-0.2, 0) is 29.2 Å². The molecule has 2 amide bonds. The van der Waals surface area contributed by atoms with E-state index in [0.717, 1.165) is 48.7 Å². The summed E-state index contributed by atoms with van der Waals surface area (Å²) >= 11 is 0. The van der Waals surface area contributed by atoms with Crippen LogP contribution in [0.4, 0.5) is 5.69 Å². The standard InChI is InChI=1S/C31H32N6O3/c1-31(30(39)33-20-24-6-5-13-32-19-24)22-37-28(18-27(34-37)25-7-3-2-4-8-25)29(38)36(31)21-23-9-11-26(12-10-23)35-14-16-40-17-15-35/h2-13,18-19H,14-17,20-22H2,1H3,(H,33,39)/t31-/m1/s1. The topological polar surface area (TPSA) is 92.6 Å². The van der Waals surface area contributed by atoms with E-state index in [-0.39, 0.29) is 18.4 Å². The average Bonchev–Trinajstić information content (AvgIpc) is 3.44. The molecule has 1 N–H and O–H groups in total. The zero-order valence-electron chi connectivity index (χ0n) is 22.5. The van der Waals surface area contributed by atoms with E-state index in [1.54, 1.807) is 22.0 Å². The second-order valence-corrected chi connectivity index (χ2v) is 10.4. The molecule has 4 heterocycles.